The maximum absolute atomic E-state index is 12.6. The van der Waals surface area contributed by atoms with Crippen molar-refractivity contribution in [2.24, 2.45) is 0 Å². The van der Waals surface area contributed by atoms with Crippen LogP contribution in [0.3, 0.4) is 0 Å². The lowest BCUT2D eigenvalue weighted by Gasteiger charge is -2.13. The molecular formula is C17H12ClF4N3O3. The molecule has 28 heavy (non-hydrogen) atoms. The molecule has 0 unspecified atom stereocenters. The van der Waals surface area contributed by atoms with Gasteiger partial charge < -0.3 is 19.3 Å². The molecule has 0 bridgehead atoms. The van der Waals surface area contributed by atoms with Crippen LogP contribution in [0.4, 0.5) is 23.2 Å². The SMILES string of the molecule is FC(F)Oc1ccc(NCc2nc(-c3ccc(Cl)cc3)no2)c(OC(F)F)c1. The smallest absolute Gasteiger partial charge is 0.387 e. The molecule has 0 amide bonds. The summed E-state index contributed by atoms with van der Waals surface area (Å²) < 4.78 is 63.4. The zero-order valence-corrected chi connectivity index (χ0v) is 14.7. The van der Waals surface area contributed by atoms with E-state index in [2.05, 4.69) is 24.9 Å². The first-order valence-corrected chi connectivity index (χ1v) is 8.14. The van der Waals surface area contributed by atoms with E-state index in [1.165, 1.54) is 12.1 Å². The van der Waals surface area contributed by atoms with Gasteiger partial charge in [0.1, 0.15) is 5.75 Å². The third kappa shape index (κ3) is 5.26. The van der Waals surface area contributed by atoms with E-state index in [0.717, 1.165) is 6.07 Å². The summed E-state index contributed by atoms with van der Waals surface area (Å²) in [5, 5.41) is 7.15. The summed E-state index contributed by atoms with van der Waals surface area (Å²) in [6.07, 6.45) is 0. The van der Waals surface area contributed by atoms with Crippen LogP contribution >= 0.6 is 11.6 Å². The van der Waals surface area contributed by atoms with Crippen molar-refractivity contribution >= 4 is 17.3 Å². The topological polar surface area (TPSA) is 69.4 Å². The Bertz CT molecular complexity index is 922. The molecule has 0 saturated heterocycles. The van der Waals surface area contributed by atoms with E-state index >= 15 is 0 Å². The standard InChI is InChI=1S/C17H12ClF4N3O3/c18-10-3-1-9(2-4-10)15-24-14(28-25-15)8-23-12-6-5-11(26-16(19)20)7-13(12)27-17(21)22/h1-7,16-17,23H,8H2. The van der Waals surface area contributed by atoms with Gasteiger partial charge in [0.05, 0.1) is 12.2 Å². The van der Waals surface area contributed by atoms with Gasteiger partial charge in [-0.1, -0.05) is 16.8 Å². The van der Waals surface area contributed by atoms with E-state index in [1.807, 2.05) is 0 Å². The Labute approximate surface area is 161 Å². The molecule has 3 rings (SSSR count). The average Bonchev–Trinajstić information content (AvgIpc) is 3.09. The predicted octanol–water partition coefficient (Wildman–Crippen LogP) is 5.20. The van der Waals surface area contributed by atoms with Crippen LogP contribution in [0.25, 0.3) is 11.4 Å². The number of ether oxygens (including phenoxy) is 2. The fourth-order valence-electron chi connectivity index (χ4n) is 2.23. The lowest BCUT2D eigenvalue weighted by Crippen LogP contribution is -2.08. The molecule has 1 heterocycles. The quantitative estimate of drug-likeness (QED) is 0.508. The van der Waals surface area contributed by atoms with Gasteiger partial charge in [0.15, 0.2) is 5.75 Å². The summed E-state index contributed by atoms with van der Waals surface area (Å²) in [6.45, 7) is -6.26. The Kier molecular flexibility index (Phi) is 6.19. The molecule has 0 saturated carbocycles. The second-order valence-electron chi connectivity index (χ2n) is 5.29. The molecule has 0 fully saturated rings. The number of alkyl halides is 4. The fraction of sp³-hybridized carbons (Fsp3) is 0.176. The lowest BCUT2D eigenvalue weighted by molar-refractivity contribution is -0.0539. The van der Waals surface area contributed by atoms with Gasteiger partial charge >= 0.3 is 13.2 Å². The first-order valence-electron chi connectivity index (χ1n) is 7.77. The molecule has 148 valence electrons. The van der Waals surface area contributed by atoms with Crippen molar-refractivity contribution in [2.75, 3.05) is 5.32 Å². The number of benzene rings is 2. The Morgan fingerprint density at radius 2 is 1.71 bits per heavy atom. The van der Waals surface area contributed by atoms with Crippen LogP contribution in [0.2, 0.25) is 5.02 Å². The predicted molar refractivity (Wildman–Crippen MR) is 91.8 cm³/mol. The number of rotatable bonds is 8. The third-order valence-corrected chi connectivity index (χ3v) is 3.65. The number of hydrogen-bond acceptors (Lipinski definition) is 6. The van der Waals surface area contributed by atoms with Gasteiger partial charge in [-0.05, 0) is 36.4 Å². The Morgan fingerprint density at radius 1 is 1.00 bits per heavy atom. The summed E-state index contributed by atoms with van der Waals surface area (Å²) in [7, 11) is 0. The second kappa shape index (κ2) is 8.79. The molecule has 0 spiro atoms. The van der Waals surface area contributed by atoms with Crippen molar-refractivity contribution in [3.63, 3.8) is 0 Å². The molecule has 1 N–H and O–H groups in total. The molecular weight excluding hydrogens is 406 g/mol. The van der Waals surface area contributed by atoms with E-state index in [4.69, 9.17) is 16.1 Å². The summed E-state index contributed by atoms with van der Waals surface area (Å²) in [5.41, 5.74) is 0.780. The van der Waals surface area contributed by atoms with Crippen molar-refractivity contribution in [3.05, 3.63) is 53.4 Å². The van der Waals surface area contributed by atoms with Gasteiger partial charge in [-0.3, -0.25) is 0 Å². The first-order chi connectivity index (χ1) is 13.4. The lowest BCUT2D eigenvalue weighted by atomic mass is 10.2. The minimum absolute atomic E-state index is 0.0186. The van der Waals surface area contributed by atoms with Crippen molar-refractivity contribution in [1.29, 1.82) is 0 Å². The summed E-state index contributed by atoms with van der Waals surface area (Å²) in [6, 6.07) is 10.1. The molecule has 3 aromatic rings. The van der Waals surface area contributed by atoms with E-state index in [0.29, 0.717) is 16.4 Å². The molecule has 11 heteroatoms. The summed E-state index contributed by atoms with van der Waals surface area (Å²) >= 11 is 5.82. The Hall–Kier alpha value is -3.01. The zero-order valence-electron chi connectivity index (χ0n) is 13.9. The Morgan fingerprint density at radius 3 is 2.39 bits per heavy atom. The molecule has 0 aliphatic carbocycles. The number of aromatic nitrogens is 2. The van der Waals surface area contributed by atoms with E-state index in [9.17, 15) is 17.6 Å². The highest BCUT2D eigenvalue weighted by atomic mass is 35.5. The van der Waals surface area contributed by atoms with Gasteiger partial charge in [-0.25, -0.2) is 0 Å². The van der Waals surface area contributed by atoms with Gasteiger partial charge in [-0.2, -0.15) is 22.5 Å². The number of nitrogens with zero attached hydrogens (tertiary/aromatic N) is 2. The van der Waals surface area contributed by atoms with Gasteiger partial charge in [0.2, 0.25) is 11.7 Å². The number of anilines is 1. The molecule has 0 radical (unpaired) electrons. The van der Waals surface area contributed by atoms with Gasteiger partial charge in [-0.15, -0.1) is 0 Å². The first kappa shape index (κ1) is 19.7. The van der Waals surface area contributed by atoms with Crippen molar-refractivity contribution in [3.8, 4) is 22.9 Å². The van der Waals surface area contributed by atoms with Crippen molar-refractivity contribution in [2.45, 2.75) is 19.8 Å². The number of hydrogen-bond donors (Lipinski definition) is 1. The van der Waals surface area contributed by atoms with Crippen LogP contribution in [0.15, 0.2) is 47.0 Å². The maximum atomic E-state index is 12.6. The van der Waals surface area contributed by atoms with Crippen LogP contribution in [0.1, 0.15) is 5.89 Å². The monoisotopic (exact) mass is 417 g/mol. The highest BCUT2D eigenvalue weighted by Gasteiger charge is 2.15. The zero-order chi connectivity index (χ0) is 20.1. The minimum atomic E-state index is -3.15. The largest absolute Gasteiger partial charge is 0.435 e. The molecule has 1 aromatic heterocycles. The van der Waals surface area contributed by atoms with Crippen LogP contribution in [0, 0.1) is 0 Å². The van der Waals surface area contributed by atoms with Crippen LogP contribution < -0.4 is 14.8 Å². The van der Waals surface area contributed by atoms with E-state index < -0.39 is 13.2 Å². The Balaban J connectivity index is 1.72. The minimum Gasteiger partial charge on any atom is -0.435 e. The molecule has 0 aliphatic heterocycles. The highest BCUT2D eigenvalue weighted by molar-refractivity contribution is 6.30. The number of nitrogens with one attached hydrogen (secondary N) is 1. The third-order valence-electron chi connectivity index (χ3n) is 3.39. The number of halogens is 5. The van der Waals surface area contributed by atoms with Crippen molar-refractivity contribution < 1.29 is 31.6 Å². The van der Waals surface area contributed by atoms with E-state index in [-0.39, 0.29) is 29.6 Å². The molecule has 0 aliphatic rings. The summed E-state index contributed by atoms with van der Waals surface area (Å²) in [4.78, 5) is 4.18. The van der Waals surface area contributed by atoms with Gasteiger partial charge in [0.25, 0.3) is 0 Å². The van der Waals surface area contributed by atoms with Crippen molar-refractivity contribution in [1.82, 2.24) is 10.1 Å². The van der Waals surface area contributed by atoms with Crippen LogP contribution in [-0.2, 0) is 6.54 Å². The molecule has 0 atom stereocenters. The van der Waals surface area contributed by atoms with Gasteiger partial charge in [0, 0.05) is 16.7 Å². The highest BCUT2D eigenvalue weighted by Crippen LogP contribution is 2.32. The summed E-state index contributed by atoms with van der Waals surface area (Å²) in [5.74, 6) is -0.205. The maximum Gasteiger partial charge on any atom is 0.387 e. The van der Waals surface area contributed by atoms with Crippen LogP contribution in [0.5, 0.6) is 11.5 Å². The normalized spacial score (nSPS) is 11.1. The second-order valence-corrected chi connectivity index (χ2v) is 5.72. The average molecular weight is 418 g/mol. The van der Waals surface area contributed by atoms with Crippen LogP contribution in [-0.4, -0.2) is 23.4 Å². The molecule has 6 nitrogen and oxygen atoms in total. The fourth-order valence-corrected chi connectivity index (χ4v) is 2.36. The van der Waals surface area contributed by atoms with E-state index in [1.54, 1.807) is 24.3 Å². The molecule has 2 aromatic carbocycles.